The molecule has 0 unspecified atom stereocenters. The molecule has 1 heterocycles. The van der Waals surface area contributed by atoms with Crippen LogP contribution in [0.25, 0.3) is 33.6 Å². The Kier molecular flexibility index (Phi) is 3.27. The highest BCUT2D eigenvalue weighted by atomic mass is 16.5. The summed E-state index contributed by atoms with van der Waals surface area (Å²) in [5.74, 6) is 1.88. The molecule has 0 amide bonds. The zero-order chi connectivity index (χ0) is 15.6. The number of ether oxygens (including phenoxy) is 1. The predicted molar refractivity (Wildman–Crippen MR) is 89.2 cm³/mol. The van der Waals surface area contributed by atoms with Gasteiger partial charge in [0.1, 0.15) is 5.75 Å². The third kappa shape index (κ3) is 2.44. The van der Waals surface area contributed by atoms with Gasteiger partial charge in [-0.3, -0.25) is 0 Å². The van der Waals surface area contributed by atoms with E-state index in [4.69, 9.17) is 9.26 Å². The first-order valence-electron chi connectivity index (χ1n) is 7.31. The van der Waals surface area contributed by atoms with E-state index in [0.29, 0.717) is 11.7 Å². The Balaban J connectivity index is 1.77. The number of aromatic nitrogens is 2. The molecule has 0 aliphatic carbocycles. The minimum atomic E-state index is 0.521. The lowest BCUT2D eigenvalue weighted by molar-refractivity contribution is 0.415. The van der Waals surface area contributed by atoms with Crippen LogP contribution < -0.4 is 4.74 Å². The van der Waals surface area contributed by atoms with Crippen LogP contribution in [0, 0.1) is 0 Å². The minimum absolute atomic E-state index is 0.521. The second-order valence-electron chi connectivity index (χ2n) is 5.18. The van der Waals surface area contributed by atoms with Gasteiger partial charge in [0.15, 0.2) is 0 Å². The largest absolute Gasteiger partial charge is 0.497 e. The van der Waals surface area contributed by atoms with Crippen LogP contribution in [0.5, 0.6) is 5.75 Å². The summed E-state index contributed by atoms with van der Waals surface area (Å²) in [5, 5.41) is 6.34. The van der Waals surface area contributed by atoms with Crippen molar-refractivity contribution < 1.29 is 9.26 Å². The van der Waals surface area contributed by atoms with Gasteiger partial charge in [-0.2, -0.15) is 4.98 Å². The van der Waals surface area contributed by atoms with Gasteiger partial charge in [0.2, 0.25) is 5.82 Å². The van der Waals surface area contributed by atoms with E-state index < -0.39 is 0 Å². The third-order valence-corrected chi connectivity index (χ3v) is 3.79. The lowest BCUT2D eigenvalue weighted by Crippen LogP contribution is -1.84. The molecule has 0 fully saturated rings. The van der Waals surface area contributed by atoms with Gasteiger partial charge < -0.3 is 9.26 Å². The maximum atomic E-state index is 5.48. The fourth-order valence-electron chi connectivity index (χ4n) is 2.60. The van der Waals surface area contributed by atoms with Gasteiger partial charge in [-0.05, 0) is 41.1 Å². The van der Waals surface area contributed by atoms with Crippen molar-refractivity contribution in [2.45, 2.75) is 0 Å². The van der Waals surface area contributed by atoms with E-state index in [1.165, 1.54) is 0 Å². The van der Waals surface area contributed by atoms with Crippen molar-refractivity contribution in [1.29, 1.82) is 0 Å². The minimum Gasteiger partial charge on any atom is -0.497 e. The number of nitrogens with zero attached hydrogens (tertiary/aromatic N) is 2. The number of fused-ring (bicyclic) bond motifs is 1. The lowest BCUT2D eigenvalue weighted by Gasteiger charge is -2.01. The molecule has 0 bridgehead atoms. The summed E-state index contributed by atoms with van der Waals surface area (Å²) in [5.41, 5.74) is 1.83. The fourth-order valence-corrected chi connectivity index (χ4v) is 2.60. The normalized spacial score (nSPS) is 10.8. The molecule has 0 aliphatic rings. The SMILES string of the molecule is COc1ccc(-c2noc(-c3cccc4ccccc34)n2)cc1. The van der Waals surface area contributed by atoms with Gasteiger partial charge in [-0.1, -0.05) is 41.6 Å². The molecule has 4 nitrogen and oxygen atoms in total. The molecule has 0 N–H and O–H groups in total. The summed E-state index contributed by atoms with van der Waals surface area (Å²) in [6.45, 7) is 0. The second kappa shape index (κ2) is 5.57. The molecule has 23 heavy (non-hydrogen) atoms. The van der Waals surface area contributed by atoms with Crippen LogP contribution in [-0.2, 0) is 0 Å². The maximum Gasteiger partial charge on any atom is 0.258 e. The van der Waals surface area contributed by atoms with Crippen LogP contribution in [0.15, 0.2) is 71.3 Å². The molecule has 3 aromatic carbocycles. The van der Waals surface area contributed by atoms with Gasteiger partial charge in [0, 0.05) is 11.1 Å². The standard InChI is InChI=1S/C19H14N2O2/c1-22-15-11-9-14(10-12-15)18-20-19(23-21-18)17-8-4-6-13-5-2-3-7-16(13)17/h2-12H,1H3. The molecule has 0 aliphatic heterocycles. The van der Waals surface area contributed by atoms with Crippen molar-refractivity contribution in [3.05, 3.63) is 66.7 Å². The molecule has 0 radical (unpaired) electrons. The molecular formula is C19H14N2O2. The van der Waals surface area contributed by atoms with Crippen LogP contribution >= 0.6 is 0 Å². The molecule has 0 atom stereocenters. The molecule has 1 aromatic heterocycles. The highest BCUT2D eigenvalue weighted by Gasteiger charge is 2.13. The predicted octanol–water partition coefficient (Wildman–Crippen LogP) is 4.57. The van der Waals surface area contributed by atoms with E-state index in [-0.39, 0.29) is 0 Å². The number of hydrogen-bond donors (Lipinski definition) is 0. The molecule has 0 saturated carbocycles. The topological polar surface area (TPSA) is 48.2 Å². The van der Waals surface area contributed by atoms with Crippen molar-refractivity contribution in [2.24, 2.45) is 0 Å². The van der Waals surface area contributed by atoms with E-state index in [9.17, 15) is 0 Å². The third-order valence-electron chi connectivity index (χ3n) is 3.79. The summed E-state index contributed by atoms with van der Waals surface area (Å²) in [6.07, 6.45) is 0. The van der Waals surface area contributed by atoms with E-state index in [1.807, 2.05) is 48.5 Å². The van der Waals surface area contributed by atoms with E-state index >= 15 is 0 Å². The first-order chi connectivity index (χ1) is 11.3. The van der Waals surface area contributed by atoms with Gasteiger partial charge in [-0.25, -0.2) is 0 Å². The van der Waals surface area contributed by atoms with Crippen LogP contribution in [-0.4, -0.2) is 17.3 Å². The summed E-state index contributed by atoms with van der Waals surface area (Å²) in [6, 6.07) is 21.8. The molecule has 0 spiro atoms. The second-order valence-corrected chi connectivity index (χ2v) is 5.18. The van der Waals surface area contributed by atoms with Gasteiger partial charge in [0.05, 0.1) is 7.11 Å². The van der Waals surface area contributed by atoms with Crippen molar-refractivity contribution in [3.8, 4) is 28.6 Å². The first-order valence-corrected chi connectivity index (χ1v) is 7.31. The summed E-state index contributed by atoms with van der Waals surface area (Å²) < 4.78 is 10.6. The summed E-state index contributed by atoms with van der Waals surface area (Å²) in [7, 11) is 1.64. The Morgan fingerprint density at radius 1 is 0.870 bits per heavy atom. The van der Waals surface area contributed by atoms with Crippen molar-refractivity contribution in [3.63, 3.8) is 0 Å². The van der Waals surface area contributed by atoms with Crippen LogP contribution in [0.2, 0.25) is 0 Å². The number of rotatable bonds is 3. The molecule has 112 valence electrons. The average Bonchev–Trinajstić information content (AvgIpc) is 3.11. The summed E-state index contributed by atoms with van der Waals surface area (Å²) >= 11 is 0. The van der Waals surface area contributed by atoms with E-state index in [2.05, 4.69) is 28.3 Å². The van der Waals surface area contributed by atoms with Crippen molar-refractivity contribution >= 4 is 10.8 Å². The molecule has 0 saturated heterocycles. The number of hydrogen-bond acceptors (Lipinski definition) is 4. The Bertz CT molecular complexity index is 953. The Morgan fingerprint density at radius 3 is 2.48 bits per heavy atom. The van der Waals surface area contributed by atoms with Crippen LogP contribution in [0.3, 0.4) is 0 Å². The number of benzene rings is 3. The monoisotopic (exact) mass is 302 g/mol. The number of methoxy groups -OCH3 is 1. The Labute approximate surface area is 133 Å². The fraction of sp³-hybridized carbons (Fsp3) is 0.0526. The van der Waals surface area contributed by atoms with E-state index in [0.717, 1.165) is 27.6 Å². The smallest absolute Gasteiger partial charge is 0.258 e. The first kappa shape index (κ1) is 13.5. The Hall–Kier alpha value is -3.14. The Morgan fingerprint density at radius 2 is 1.65 bits per heavy atom. The molecular weight excluding hydrogens is 288 g/mol. The van der Waals surface area contributed by atoms with Crippen molar-refractivity contribution in [2.75, 3.05) is 7.11 Å². The van der Waals surface area contributed by atoms with Gasteiger partial charge >= 0.3 is 0 Å². The summed E-state index contributed by atoms with van der Waals surface area (Å²) in [4.78, 5) is 4.54. The zero-order valence-electron chi connectivity index (χ0n) is 12.6. The van der Waals surface area contributed by atoms with Gasteiger partial charge in [-0.15, -0.1) is 0 Å². The maximum absolute atomic E-state index is 5.48. The lowest BCUT2D eigenvalue weighted by atomic mass is 10.0. The van der Waals surface area contributed by atoms with Crippen LogP contribution in [0.4, 0.5) is 0 Å². The quantitative estimate of drug-likeness (QED) is 0.556. The van der Waals surface area contributed by atoms with Gasteiger partial charge in [0.25, 0.3) is 5.89 Å². The van der Waals surface area contributed by atoms with Crippen LogP contribution in [0.1, 0.15) is 0 Å². The average molecular weight is 302 g/mol. The zero-order valence-corrected chi connectivity index (χ0v) is 12.6. The molecule has 4 rings (SSSR count). The highest BCUT2D eigenvalue weighted by Crippen LogP contribution is 2.29. The molecule has 4 aromatic rings. The highest BCUT2D eigenvalue weighted by molar-refractivity contribution is 5.94. The van der Waals surface area contributed by atoms with Crippen molar-refractivity contribution in [1.82, 2.24) is 10.1 Å². The van der Waals surface area contributed by atoms with E-state index in [1.54, 1.807) is 7.11 Å². The molecule has 4 heteroatoms.